The Bertz CT molecular complexity index is 1530. The molecule has 0 aromatic rings. The van der Waals surface area contributed by atoms with Gasteiger partial charge >= 0.3 is 19.8 Å². The Hall–Kier alpha value is -2.81. The van der Waals surface area contributed by atoms with Gasteiger partial charge in [0.1, 0.15) is 6.61 Å². The molecule has 0 amide bonds. The highest BCUT2D eigenvalue weighted by Crippen LogP contribution is 2.43. The van der Waals surface area contributed by atoms with E-state index >= 15 is 0 Å². The molecule has 2 atom stereocenters. The maximum atomic E-state index is 12.7. The number of unbranched alkanes of at least 4 members (excludes halogenated alkanes) is 33. The number of hydrogen-bond donors (Lipinski definition) is 2. The maximum absolute atomic E-state index is 12.7. The molecule has 0 fully saturated rings. The molecule has 446 valence electrons. The zero-order chi connectivity index (χ0) is 55.9. The molecule has 10 heteroatoms. The zero-order valence-electron chi connectivity index (χ0n) is 49.9. The zero-order valence-corrected chi connectivity index (χ0v) is 50.8. The lowest BCUT2D eigenvalue weighted by molar-refractivity contribution is -0.161. The monoisotopic (exact) mass is 1100 g/mol. The van der Waals surface area contributed by atoms with Crippen LogP contribution in [0, 0.1) is 0 Å². The molecule has 0 saturated heterocycles. The van der Waals surface area contributed by atoms with E-state index in [-0.39, 0.29) is 38.6 Å². The second kappa shape index (κ2) is 62.4. The van der Waals surface area contributed by atoms with Gasteiger partial charge in [-0.2, -0.15) is 0 Å². The number of allylic oxidation sites excluding steroid dienone is 14. The minimum Gasteiger partial charge on any atom is -0.462 e. The first-order valence-corrected chi connectivity index (χ1v) is 33.6. The van der Waals surface area contributed by atoms with Crippen LogP contribution in [0.15, 0.2) is 85.1 Å². The molecule has 0 rings (SSSR count). The second-order valence-electron chi connectivity index (χ2n) is 21.2. The summed E-state index contributed by atoms with van der Waals surface area (Å²) < 4.78 is 33.1. The fourth-order valence-electron chi connectivity index (χ4n) is 9.05. The van der Waals surface area contributed by atoms with Crippen molar-refractivity contribution in [3.63, 3.8) is 0 Å². The van der Waals surface area contributed by atoms with Gasteiger partial charge in [-0.25, -0.2) is 4.57 Å². The number of nitrogens with two attached hydrogens (primary N) is 1. The summed E-state index contributed by atoms with van der Waals surface area (Å²) in [4.78, 5) is 35.3. The van der Waals surface area contributed by atoms with Crippen molar-refractivity contribution >= 4 is 19.8 Å². The average molecular weight is 1100 g/mol. The van der Waals surface area contributed by atoms with Crippen molar-refractivity contribution in [3.8, 4) is 0 Å². The lowest BCUT2D eigenvalue weighted by atomic mass is 10.0. The molecule has 0 bridgehead atoms. The Morgan fingerprint density at radius 3 is 1.08 bits per heavy atom. The first-order chi connectivity index (χ1) is 37.8. The molecule has 0 heterocycles. The minimum atomic E-state index is -4.40. The van der Waals surface area contributed by atoms with E-state index in [2.05, 4.69) is 98.9 Å². The van der Waals surface area contributed by atoms with Crippen molar-refractivity contribution in [2.75, 3.05) is 26.4 Å². The quantitative estimate of drug-likeness (QED) is 0.0264. The molecule has 0 aliphatic carbocycles. The molecular formula is C67H120NO8P. The minimum absolute atomic E-state index is 0.0492. The highest BCUT2D eigenvalue weighted by Gasteiger charge is 2.26. The molecule has 9 nitrogen and oxygen atoms in total. The number of hydrogen-bond acceptors (Lipinski definition) is 8. The number of rotatable bonds is 60. The molecule has 0 aliphatic rings. The Morgan fingerprint density at radius 1 is 0.403 bits per heavy atom. The van der Waals surface area contributed by atoms with Crippen LogP contribution >= 0.6 is 7.82 Å². The number of esters is 2. The van der Waals surface area contributed by atoms with Crippen LogP contribution < -0.4 is 5.73 Å². The number of carbonyl (C=O) groups is 2. The molecule has 77 heavy (non-hydrogen) atoms. The molecule has 0 aliphatic heterocycles. The van der Waals surface area contributed by atoms with Gasteiger partial charge in [-0.3, -0.25) is 18.6 Å². The van der Waals surface area contributed by atoms with Gasteiger partial charge in [-0.15, -0.1) is 0 Å². The summed E-state index contributed by atoms with van der Waals surface area (Å²) in [6.07, 6.45) is 82.3. The van der Waals surface area contributed by atoms with E-state index in [9.17, 15) is 19.0 Å². The molecule has 0 radical (unpaired) electrons. The summed E-state index contributed by atoms with van der Waals surface area (Å²) in [7, 11) is -4.40. The normalized spacial score (nSPS) is 13.6. The highest BCUT2D eigenvalue weighted by molar-refractivity contribution is 7.47. The number of ether oxygens (including phenoxy) is 2. The van der Waals surface area contributed by atoms with E-state index in [0.717, 1.165) is 83.5 Å². The highest BCUT2D eigenvalue weighted by atomic mass is 31.2. The summed E-state index contributed by atoms with van der Waals surface area (Å²) in [5.41, 5.74) is 5.39. The van der Waals surface area contributed by atoms with E-state index in [1.54, 1.807) is 0 Å². The molecule has 2 unspecified atom stereocenters. The largest absolute Gasteiger partial charge is 0.472 e. The average Bonchev–Trinajstić information content (AvgIpc) is 3.42. The summed E-state index contributed by atoms with van der Waals surface area (Å²) >= 11 is 0. The molecular weight excluding hydrogens is 978 g/mol. The van der Waals surface area contributed by atoms with Gasteiger partial charge in [0.25, 0.3) is 0 Å². The Balaban J connectivity index is 3.94. The Kier molecular flexibility index (Phi) is 60.1. The van der Waals surface area contributed by atoms with Crippen molar-refractivity contribution in [1.82, 2.24) is 0 Å². The summed E-state index contributed by atoms with van der Waals surface area (Å²) in [5, 5.41) is 0. The molecule has 3 N–H and O–H groups in total. The van der Waals surface area contributed by atoms with Crippen molar-refractivity contribution in [2.45, 2.75) is 302 Å². The number of phosphoric ester groups is 1. The third-order valence-corrected chi connectivity index (χ3v) is 14.7. The Morgan fingerprint density at radius 2 is 0.714 bits per heavy atom. The van der Waals surface area contributed by atoms with Gasteiger partial charge in [0.05, 0.1) is 13.2 Å². The first kappa shape index (κ1) is 74.2. The van der Waals surface area contributed by atoms with E-state index in [1.165, 1.54) is 180 Å². The van der Waals surface area contributed by atoms with E-state index < -0.39 is 26.5 Å². The topological polar surface area (TPSA) is 134 Å². The van der Waals surface area contributed by atoms with Gasteiger partial charge in [-0.05, 0) is 89.9 Å². The lowest BCUT2D eigenvalue weighted by Gasteiger charge is -2.19. The standard InChI is InChI=1S/C67H120NO8P/c1-3-5-7-9-11-13-15-17-19-21-23-25-27-29-31-32-34-35-37-39-41-43-45-47-49-51-53-55-57-59-66(69)73-63-65(64-75-77(71,72)74-62-61-68)76-67(70)60-58-56-54-52-50-48-46-44-42-40-38-36-33-30-28-26-24-22-20-18-16-14-12-10-8-6-4-2/h6,8,12,14,18,20-21,23-24,26,30,33,38,40,65H,3-5,7,9-11,13,15-17,19,22,25,27-29,31-32,34-37,39,41-64,68H2,1-2H3,(H,71,72)/b8-6-,14-12-,20-18-,23-21-,26-24-,33-30-,40-38-. The van der Waals surface area contributed by atoms with Gasteiger partial charge in [-0.1, -0.05) is 279 Å². The fraction of sp³-hybridized carbons (Fsp3) is 0.761. The van der Waals surface area contributed by atoms with Gasteiger partial charge in [0, 0.05) is 19.4 Å². The van der Waals surface area contributed by atoms with Gasteiger partial charge in [0.2, 0.25) is 0 Å². The third kappa shape index (κ3) is 62.3. The van der Waals surface area contributed by atoms with Crippen molar-refractivity contribution in [1.29, 1.82) is 0 Å². The predicted octanol–water partition coefficient (Wildman–Crippen LogP) is 20.6. The van der Waals surface area contributed by atoms with Crippen LogP contribution in [0.4, 0.5) is 0 Å². The molecule has 0 saturated carbocycles. The van der Waals surface area contributed by atoms with Gasteiger partial charge < -0.3 is 20.1 Å². The number of phosphoric acid groups is 1. The number of carbonyl (C=O) groups excluding carboxylic acids is 2. The third-order valence-electron chi connectivity index (χ3n) is 13.8. The van der Waals surface area contributed by atoms with Crippen LogP contribution in [-0.2, 0) is 32.7 Å². The van der Waals surface area contributed by atoms with Crippen LogP contribution in [0.1, 0.15) is 296 Å². The smallest absolute Gasteiger partial charge is 0.462 e. The van der Waals surface area contributed by atoms with Gasteiger partial charge in [0.15, 0.2) is 6.10 Å². The van der Waals surface area contributed by atoms with Crippen LogP contribution in [0.3, 0.4) is 0 Å². The Labute approximate surface area is 474 Å². The van der Waals surface area contributed by atoms with E-state index in [1.807, 2.05) is 0 Å². The fourth-order valence-corrected chi connectivity index (χ4v) is 9.81. The summed E-state index contributed by atoms with van der Waals surface area (Å²) in [6, 6.07) is 0. The maximum Gasteiger partial charge on any atom is 0.472 e. The van der Waals surface area contributed by atoms with E-state index in [4.69, 9.17) is 24.3 Å². The lowest BCUT2D eigenvalue weighted by Crippen LogP contribution is -2.29. The van der Waals surface area contributed by atoms with Crippen molar-refractivity contribution < 1.29 is 37.6 Å². The predicted molar refractivity (Wildman–Crippen MR) is 330 cm³/mol. The summed E-state index contributed by atoms with van der Waals surface area (Å²) in [5.74, 6) is -0.831. The van der Waals surface area contributed by atoms with Crippen LogP contribution in [-0.4, -0.2) is 49.3 Å². The molecule has 0 aromatic carbocycles. The molecule has 0 aromatic heterocycles. The second-order valence-corrected chi connectivity index (χ2v) is 22.7. The van der Waals surface area contributed by atoms with Crippen molar-refractivity contribution in [2.24, 2.45) is 5.73 Å². The first-order valence-electron chi connectivity index (χ1n) is 32.1. The molecule has 0 spiro atoms. The van der Waals surface area contributed by atoms with Crippen LogP contribution in [0.25, 0.3) is 0 Å². The summed E-state index contributed by atoms with van der Waals surface area (Å²) in [6.45, 7) is 3.65. The SMILES string of the molecule is CC/C=C\C/C=C\C/C=C\C/C=C\C/C=C\C/C=C\CCCCCCCCCCC(=O)OC(COC(=O)CCCCCCCCCCCCCCCCCCC/C=C\CCCCCCCCCC)COP(=O)(O)OCCN. The van der Waals surface area contributed by atoms with E-state index in [0.29, 0.717) is 6.42 Å². The van der Waals surface area contributed by atoms with Crippen LogP contribution in [0.5, 0.6) is 0 Å². The van der Waals surface area contributed by atoms with Crippen LogP contribution in [0.2, 0.25) is 0 Å². The van der Waals surface area contributed by atoms with Crippen molar-refractivity contribution in [3.05, 3.63) is 85.1 Å².